The third-order valence-electron chi connectivity index (χ3n) is 4.25. The van der Waals surface area contributed by atoms with E-state index < -0.39 is 6.10 Å². The molecule has 0 aliphatic heterocycles. The van der Waals surface area contributed by atoms with E-state index in [2.05, 4.69) is 20.8 Å². The number of rotatable bonds is 13. The van der Waals surface area contributed by atoms with Crippen molar-refractivity contribution in [2.75, 3.05) is 13.1 Å². The second-order valence-corrected chi connectivity index (χ2v) is 6.36. The average Bonchev–Trinajstić information content (AvgIpc) is 2.55. The van der Waals surface area contributed by atoms with Gasteiger partial charge in [-0.25, -0.2) is 0 Å². The third-order valence-corrected chi connectivity index (χ3v) is 4.25. The van der Waals surface area contributed by atoms with Gasteiger partial charge < -0.3 is 9.64 Å². The molecule has 0 aliphatic carbocycles. The van der Waals surface area contributed by atoms with Crippen molar-refractivity contribution >= 4 is 11.9 Å². The summed E-state index contributed by atoms with van der Waals surface area (Å²) in [4.78, 5) is 26.7. The van der Waals surface area contributed by atoms with E-state index in [4.69, 9.17) is 4.74 Å². The van der Waals surface area contributed by atoms with Gasteiger partial charge >= 0.3 is 5.97 Å². The monoisotopic (exact) mass is 327 g/mol. The predicted molar refractivity (Wildman–Crippen MR) is 95.3 cm³/mol. The van der Waals surface area contributed by atoms with Crippen LogP contribution in [0.3, 0.4) is 0 Å². The quantitative estimate of drug-likeness (QED) is 0.466. The maximum absolute atomic E-state index is 12.6. The summed E-state index contributed by atoms with van der Waals surface area (Å²) in [6, 6.07) is 0. The number of unbranched alkanes of at least 4 members (excludes halogenated alkanes) is 3. The highest BCUT2D eigenvalue weighted by atomic mass is 16.5. The minimum Gasteiger partial charge on any atom is -0.452 e. The summed E-state index contributed by atoms with van der Waals surface area (Å²) in [6.07, 6.45) is 7.13. The van der Waals surface area contributed by atoms with Crippen molar-refractivity contribution in [1.82, 2.24) is 4.90 Å². The first kappa shape index (κ1) is 21.9. The van der Waals surface area contributed by atoms with Gasteiger partial charge in [-0.1, -0.05) is 53.4 Å². The number of hydrogen-bond acceptors (Lipinski definition) is 3. The summed E-state index contributed by atoms with van der Waals surface area (Å²) >= 11 is 0. The zero-order valence-corrected chi connectivity index (χ0v) is 15.9. The van der Waals surface area contributed by atoms with Crippen LogP contribution < -0.4 is 0 Å². The van der Waals surface area contributed by atoms with Gasteiger partial charge in [-0.15, -0.1) is 0 Å². The normalized spacial score (nSPS) is 13.4. The topological polar surface area (TPSA) is 46.6 Å². The van der Waals surface area contributed by atoms with Crippen LogP contribution in [0.2, 0.25) is 0 Å². The molecule has 4 nitrogen and oxygen atoms in total. The van der Waals surface area contributed by atoms with E-state index in [1.165, 1.54) is 0 Å². The van der Waals surface area contributed by atoms with Crippen LogP contribution in [0.5, 0.6) is 0 Å². The first-order chi connectivity index (χ1) is 11.0. The van der Waals surface area contributed by atoms with Gasteiger partial charge in [-0.05, 0) is 32.6 Å². The molecule has 0 N–H and O–H groups in total. The third kappa shape index (κ3) is 8.97. The first-order valence-electron chi connectivity index (χ1n) is 9.50. The molecule has 23 heavy (non-hydrogen) atoms. The number of hydrogen-bond donors (Lipinski definition) is 0. The molecule has 0 radical (unpaired) electrons. The van der Waals surface area contributed by atoms with Crippen LogP contribution in [0, 0.1) is 5.92 Å². The first-order valence-corrected chi connectivity index (χ1v) is 9.50. The van der Waals surface area contributed by atoms with E-state index in [1.807, 2.05) is 11.8 Å². The summed E-state index contributed by atoms with van der Waals surface area (Å²) in [6.45, 7) is 11.6. The Balaban J connectivity index is 4.59. The van der Waals surface area contributed by atoms with Crippen molar-refractivity contribution in [3.8, 4) is 0 Å². The molecule has 0 heterocycles. The van der Waals surface area contributed by atoms with Crippen molar-refractivity contribution < 1.29 is 14.3 Å². The fourth-order valence-electron chi connectivity index (χ4n) is 2.55. The summed E-state index contributed by atoms with van der Waals surface area (Å²) in [5.41, 5.74) is 0. The van der Waals surface area contributed by atoms with Crippen LogP contribution in [-0.2, 0) is 14.3 Å². The summed E-state index contributed by atoms with van der Waals surface area (Å²) < 4.78 is 5.47. The molecule has 0 saturated heterocycles. The Bertz CT molecular complexity index is 323. The van der Waals surface area contributed by atoms with Gasteiger partial charge in [0.1, 0.15) is 0 Å². The fraction of sp³-hybridized carbons (Fsp3) is 0.895. The minimum absolute atomic E-state index is 0.0504. The molecule has 0 fully saturated rings. The van der Waals surface area contributed by atoms with Gasteiger partial charge in [0.2, 0.25) is 0 Å². The Morgan fingerprint density at radius 3 is 1.87 bits per heavy atom. The molecule has 0 aliphatic rings. The Kier molecular flexibility index (Phi) is 12.8. The van der Waals surface area contributed by atoms with Crippen LogP contribution >= 0.6 is 0 Å². The van der Waals surface area contributed by atoms with Crippen molar-refractivity contribution in [1.29, 1.82) is 0 Å². The van der Waals surface area contributed by atoms with Crippen LogP contribution in [-0.4, -0.2) is 36.0 Å². The molecule has 0 aromatic heterocycles. The highest BCUT2D eigenvalue weighted by molar-refractivity contribution is 5.84. The largest absolute Gasteiger partial charge is 0.452 e. The smallest absolute Gasteiger partial charge is 0.309 e. The molecule has 4 heteroatoms. The molecule has 0 rings (SSSR count). The predicted octanol–water partition coefficient (Wildman–Crippen LogP) is 4.56. The zero-order valence-electron chi connectivity index (χ0n) is 15.9. The molecule has 0 unspecified atom stereocenters. The van der Waals surface area contributed by atoms with E-state index in [9.17, 15) is 9.59 Å². The Morgan fingerprint density at radius 1 is 0.913 bits per heavy atom. The molecular formula is C19H37NO3. The standard InChI is InChI=1S/C19H37NO3/c1-6-10-13-17(9-4)19(22)23-16(5)18(21)20(14-11-7-2)15-12-8-3/h16-17H,6-15H2,1-5H3/t16-,17-/m0/s1. The molecule has 0 spiro atoms. The van der Waals surface area contributed by atoms with Crippen molar-refractivity contribution in [2.45, 2.75) is 92.1 Å². The maximum atomic E-state index is 12.6. The van der Waals surface area contributed by atoms with Crippen LogP contribution in [0.25, 0.3) is 0 Å². The van der Waals surface area contributed by atoms with Crippen molar-refractivity contribution in [2.24, 2.45) is 5.92 Å². The molecule has 0 bridgehead atoms. The Morgan fingerprint density at radius 2 is 1.43 bits per heavy atom. The lowest BCUT2D eigenvalue weighted by atomic mass is 10.00. The van der Waals surface area contributed by atoms with Crippen molar-refractivity contribution in [3.05, 3.63) is 0 Å². The van der Waals surface area contributed by atoms with E-state index in [-0.39, 0.29) is 17.8 Å². The second kappa shape index (κ2) is 13.4. The highest BCUT2D eigenvalue weighted by Crippen LogP contribution is 2.16. The lowest BCUT2D eigenvalue weighted by molar-refractivity contribution is -0.163. The Labute approximate surface area is 143 Å². The van der Waals surface area contributed by atoms with Crippen LogP contribution in [0.4, 0.5) is 0 Å². The highest BCUT2D eigenvalue weighted by Gasteiger charge is 2.26. The van der Waals surface area contributed by atoms with E-state index in [1.54, 1.807) is 6.92 Å². The summed E-state index contributed by atoms with van der Waals surface area (Å²) in [5.74, 6) is -0.344. The van der Waals surface area contributed by atoms with Gasteiger partial charge in [0.25, 0.3) is 5.91 Å². The SMILES string of the molecule is CCCC[C@H](CC)C(=O)O[C@@H](C)C(=O)N(CCCC)CCCC. The number of carbonyl (C=O) groups excluding carboxylic acids is 2. The van der Waals surface area contributed by atoms with Gasteiger partial charge in [0.05, 0.1) is 5.92 Å². The molecule has 0 aromatic carbocycles. The Hall–Kier alpha value is -1.06. The van der Waals surface area contributed by atoms with Crippen molar-refractivity contribution in [3.63, 3.8) is 0 Å². The number of carbonyl (C=O) groups is 2. The maximum Gasteiger partial charge on any atom is 0.309 e. The second-order valence-electron chi connectivity index (χ2n) is 6.36. The molecule has 0 saturated carbocycles. The molecule has 2 atom stereocenters. The van der Waals surface area contributed by atoms with Crippen LogP contribution in [0.1, 0.15) is 86.0 Å². The fourth-order valence-corrected chi connectivity index (χ4v) is 2.55. The van der Waals surface area contributed by atoms with E-state index in [0.29, 0.717) is 0 Å². The number of ether oxygens (including phenoxy) is 1. The molecule has 1 amide bonds. The molecule has 0 aromatic rings. The lowest BCUT2D eigenvalue weighted by Gasteiger charge is -2.26. The number of nitrogens with zero attached hydrogens (tertiary/aromatic N) is 1. The zero-order chi connectivity index (χ0) is 17.7. The minimum atomic E-state index is -0.674. The van der Waals surface area contributed by atoms with E-state index in [0.717, 1.165) is 64.5 Å². The molecule has 136 valence electrons. The van der Waals surface area contributed by atoms with Gasteiger partial charge in [0, 0.05) is 13.1 Å². The van der Waals surface area contributed by atoms with Gasteiger partial charge in [0.15, 0.2) is 6.10 Å². The average molecular weight is 328 g/mol. The number of esters is 1. The van der Waals surface area contributed by atoms with Gasteiger partial charge in [-0.2, -0.15) is 0 Å². The van der Waals surface area contributed by atoms with Crippen LogP contribution in [0.15, 0.2) is 0 Å². The molecular weight excluding hydrogens is 290 g/mol. The van der Waals surface area contributed by atoms with Gasteiger partial charge in [-0.3, -0.25) is 9.59 Å². The lowest BCUT2D eigenvalue weighted by Crippen LogP contribution is -2.41. The number of amides is 1. The summed E-state index contributed by atoms with van der Waals surface area (Å²) in [7, 11) is 0. The van der Waals surface area contributed by atoms with E-state index >= 15 is 0 Å². The summed E-state index contributed by atoms with van der Waals surface area (Å²) in [5, 5.41) is 0.